The summed E-state index contributed by atoms with van der Waals surface area (Å²) in [6.07, 6.45) is 0.180. The van der Waals surface area contributed by atoms with Crippen molar-refractivity contribution < 1.29 is 14.6 Å². The molecule has 0 aliphatic rings. The van der Waals surface area contributed by atoms with Gasteiger partial charge < -0.3 is 4.74 Å². The zero-order valence-corrected chi connectivity index (χ0v) is 6.64. The summed E-state index contributed by atoms with van der Waals surface area (Å²) in [6.45, 7) is 5.43. The second kappa shape index (κ2) is 3.44. The lowest BCUT2D eigenvalue weighted by Crippen LogP contribution is -2.26. The van der Waals surface area contributed by atoms with Crippen molar-refractivity contribution >= 4 is 6.16 Å². The Morgan fingerprint density at radius 3 is 2.30 bits per heavy atom. The Morgan fingerprint density at radius 2 is 2.00 bits per heavy atom. The van der Waals surface area contributed by atoms with Gasteiger partial charge in [-0.15, -0.1) is 0 Å². The predicted molar refractivity (Wildman–Crippen MR) is 36.2 cm³/mol. The van der Waals surface area contributed by atoms with Gasteiger partial charge in [-0.1, -0.05) is 13.3 Å². The van der Waals surface area contributed by atoms with Crippen molar-refractivity contribution in [2.75, 3.05) is 0 Å². The number of hydrogen-bond acceptors (Lipinski definition) is 2. The number of rotatable bonds is 3. The van der Waals surface area contributed by atoms with Gasteiger partial charge in [0, 0.05) is 0 Å². The maximum Gasteiger partial charge on any atom is 0.550 e. The zero-order chi connectivity index (χ0) is 8.20. The average molecular weight is 145 g/mol. The van der Waals surface area contributed by atoms with Crippen LogP contribution >= 0.6 is 0 Å². The van der Waals surface area contributed by atoms with Gasteiger partial charge in [0.1, 0.15) is 5.60 Å². The van der Waals surface area contributed by atoms with Crippen molar-refractivity contribution in [1.29, 1.82) is 0 Å². The first-order chi connectivity index (χ1) is 4.48. The van der Waals surface area contributed by atoms with Gasteiger partial charge in [0.15, 0.2) is 0 Å². The minimum absolute atomic E-state index is 0.590. The lowest BCUT2D eigenvalue weighted by molar-refractivity contribution is -0.0155. The van der Waals surface area contributed by atoms with Crippen molar-refractivity contribution in [3.8, 4) is 0 Å². The zero-order valence-electron chi connectivity index (χ0n) is 6.64. The third-order valence-corrected chi connectivity index (χ3v) is 1.21. The molecule has 0 fully saturated rings. The predicted octanol–water partition coefficient (Wildman–Crippen LogP) is 2.13. The molecule has 0 heterocycles. The Balaban J connectivity index is 3.74. The third kappa shape index (κ3) is 4.18. The largest absolute Gasteiger partial charge is 0.550 e. The summed E-state index contributed by atoms with van der Waals surface area (Å²) in [4.78, 5) is 9.96. The summed E-state index contributed by atoms with van der Waals surface area (Å²) in [7, 11) is 0. The van der Waals surface area contributed by atoms with E-state index in [1.54, 1.807) is 13.8 Å². The maximum atomic E-state index is 9.96. The molecule has 0 bridgehead atoms. The van der Waals surface area contributed by atoms with Crippen molar-refractivity contribution in [3.63, 3.8) is 0 Å². The highest BCUT2D eigenvalue weighted by Gasteiger charge is 2.21. The Kier molecular flexibility index (Phi) is 3.19. The summed E-state index contributed by atoms with van der Waals surface area (Å²) in [5.41, 5.74) is -0.590. The van der Waals surface area contributed by atoms with Gasteiger partial charge in [-0.25, -0.2) is 0 Å². The van der Waals surface area contributed by atoms with Crippen molar-refractivity contribution in [2.24, 2.45) is 0 Å². The van der Waals surface area contributed by atoms with Crippen LogP contribution < -0.4 is 0 Å². The van der Waals surface area contributed by atoms with Gasteiger partial charge >= 0.3 is 6.16 Å². The highest BCUT2D eigenvalue weighted by atomic mass is 16.7. The second-order valence-electron chi connectivity index (χ2n) is 2.86. The molecule has 0 saturated heterocycles. The molecule has 0 atom stereocenters. The summed E-state index contributed by atoms with van der Waals surface area (Å²) < 4.78 is 4.48. The van der Waals surface area contributed by atoms with E-state index in [2.05, 4.69) is 4.74 Å². The van der Waals surface area contributed by atoms with E-state index in [1.165, 1.54) is 0 Å². The first-order valence-electron chi connectivity index (χ1n) is 3.38. The van der Waals surface area contributed by atoms with Crippen LogP contribution in [0, 0.1) is 0 Å². The Hall–Kier alpha value is -0.730. The number of ether oxygens (including phenoxy) is 1. The smallest absolute Gasteiger partial charge is 0.426 e. The minimum Gasteiger partial charge on any atom is -0.426 e. The third-order valence-electron chi connectivity index (χ3n) is 1.21. The lowest BCUT2D eigenvalue weighted by atomic mass is 10.0. The molecule has 0 spiro atoms. The highest BCUT2D eigenvalue weighted by Crippen LogP contribution is 2.16. The van der Waals surface area contributed by atoms with Crippen LogP contribution in [0.1, 0.15) is 33.6 Å². The monoisotopic (exact) mass is 145 g/mol. The summed E-state index contributed by atoms with van der Waals surface area (Å²) in [5.74, 6) is 0. The van der Waals surface area contributed by atoms with Gasteiger partial charge in [0.05, 0.1) is 0 Å². The first kappa shape index (κ1) is 9.27. The number of carbonyl (C=O) groups excluding carboxylic acids is 1. The molecule has 0 aliphatic heterocycles. The fourth-order valence-electron chi connectivity index (χ4n) is 0.879. The van der Waals surface area contributed by atoms with Gasteiger partial charge in [-0.2, -0.15) is 9.90 Å². The second-order valence-corrected chi connectivity index (χ2v) is 2.86. The molecule has 0 aromatic carbocycles. The fraction of sp³-hybridized carbons (Fsp3) is 0.857. The quantitative estimate of drug-likeness (QED) is 0.571. The van der Waals surface area contributed by atoms with Crippen molar-refractivity contribution in [1.82, 2.24) is 0 Å². The summed E-state index contributed by atoms with van der Waals surface area (Å²) in [5, 5.41) is 9.96. The van der Waals surface area contributed by atoms with E-state index in [9.17, 15) is 9.90 Å². The molecule has 0 saturated carbocycles. The van der Waals surface area contributed by atoms with Crippen LogP contribution in [0.15, 0.2) is 0 Å². The van der Waals surface area contributed by atoms with Crippen molar-refractivity contribution in [3.05, 3.63) is 0 Å². The van der Waals surface area contributed by atoms with Gasteiger partial charge in [0.25, 0.3) is 0 Å². The SMILES string of the molecule is CCCC(C)(C)OC([O])=O. The Morgan fingerprint density at radius 1 is 1.50 bits per heavy atom. The van der Waals surface area contributed by atoms with Crippen molar-refractivity contribution in [2.45, 2.75) is 39.2 Å². The average Bonchev–Trinajstić information content (AvgIpc) is 1.59. The molecule has 0 unspecified atom stereocenters. The summed E-state index contributed by atoms with van der Waals surface area (Å²) in [6, 6.07) is 0. The van der Waals surface area contributed by atoms with Gasteiger partial charge in [-0.05, 0) is 20.3 Å². The van der Waals surface area contributed by atoms with E-state index >= 15 is 0 Å². The lowest BCUT2D eigenvalue weighted by Gasteiger charge is -2.21. The van der Waals surface area contributed by atoms with Crippen LogP contribution in [0.25, 0.3) is 0 Å². The molecule has 1 radical (unpaired) electrons. The van der Waals surface area contributed by atoms with Crippen LogP contribution in [0.2, 0.25) is 0 Å². The molecule has 0 rings (SSSR count). The molecule has 59 valence electrons. The molecule has 3 nitrogen and oxygen atoms in total. The maximum absolute atomic E-state index is 9.96. The summed E-state index contributed by atoms with van der Waals surface area (Å²) >= 11 is 0. The van der Waals surface area contributed by atoms with E-state index < -0.39 is 11.8 Å². The highest BCUT2D eigenvalue weighted by molar-refractivity contribution is 5.56. The number of carbonyl (C=O) groups is 1. The molecule has 0 aliphatic carbocycles. The van der Waals surface area contributed by atoms with Crippen LogP contribution in [0.5, 0.6) is 0 Å². The van der Waals surface area contributed by atoms with Crippen LogP contribution in [-0.2, 0) is 9.84 Å². The molecular weight excluding hydrogens is 132 g/mol. The number of hydrogen-bond donors (Lipinski definition) is 0. The standard InChI is InChI=1S/C7H13O3/c1-4-5-7(2,3)10-6(8)9/h4-5H2,1-3H3. The van der Waals surface area contributed by atoms with Crippen LogP contribution in [0.4, 0.5) is 4.79 Å². The first-order valence-corrected chi connectivity index (χ1v) is 3.38. The van der Waals surface area contributed by atoms with Gasteiger partial charge in [0.2, 0.25) is 0 Å². The Bertz CT molecular complexity index is 118. The molecule has 0 amide bonds. The van der Waals surface area contributed by atoms with E-state index in [0.29, 0.717) is 0 Å². The van der Waals surface area contributed by atoms with E-state index in [-0.39, 0.29) is 0 Å². The van der Waals surface area contributed by atoms with Crippen LogP contribution in [-0.4, -0.2) is 11.8 Å². The molecule has 0 aromatic heterocycles. The molecule has 10 heavy (non-hydrogen) atoms. The van der Waals surface area contributed by atoms with Gasteiger partial charge in [-0.3, -0.25) is 0 Å². The molecule has 3 heteroatoms. The van der Waals surface area contributed by atoms with E-state index in [0.717, 1.165) is 12.8 Å². The normalized spacial score (nSPS) is 11.1. The minimum atomic E-state index is -1.45. The molecule has 0 N–H and O–H groups in total. The topological polar surface area (TPSA) is 46.2 Å². The molecule has 0 aromatic rings. The van der Waals surface area contributed by atoms with E-state index in [1.807, 2.05) is 6.92 Å². The van der Waals surface area contributed by atoms with Crippen LogP contribution in [0.3, 0.4) is 0 Å². The fourth-order valence-corrected chi connectivity index (χ4v) is 0.879. The van der Waals surface area contributed by atoms with E-state index in [4.69, 9.17) is 0 Å². The Labute approximate surface area is 61.0 Å². The molecular formula is C7H13O3.